The highest BCUT2D eigenvalue weighted by Gasteiger charge is 2.52. The van der Waals surface area contributed by atoms with Crippen LogP contribution in [0.3, 0.4) is 0 Å². The Morgan fingerprint density at radius 2 is 1.73 bits per heavy atom. The molecule has 1 aromatic rings. The first-order chi connectivity index (χ1) is 10.2. The highest BCUT2D eigenvalue weighted by molar-refractivity contribution is 6.61. The lowest BCUT2D eigenvalue weighted by Crippen LogP contribution is -2.41. The lowest BCUT2D eigenvalue weighted by molar-refractivity contribution is 0.00578. The van der Waals surface area contributed by atoms with Gasteiger partial charge in [0.25, 0.3) is 0 Å². The minimum atomic E-state index is -0.440. The van der Waals surface area contributed by atoms with Crippen LogP contribution >= 0.6 is 0 Å². The van der Waals surface area contributed by atoms with E-state index in [0.717, 1.165) is 29.9 Å². The highest BCUT2D eigenvalue weighted by Crippen LogP contribution is 2.37. The molecule has 4 nitrogen and oxygen atoms in total. The van der Waals surface area contributed by atoms with Crippen molar-refractivity contribution in [3.8, 4) is 5.75 Å². The Labute approximate surface area is 133 Å². The van der Waals surface area contributed by atoms with Crippen LogP contribution in [0.4, 0.5) is 0 Å². The molecular formula is C17H26BNO3. The molecule has 2 heterocycles. The number of ether oxygens (including phenoxy) is 1. The van der Waals surface area contributed by atoms with Crippen LogP contribution in [-0.2, 0) is 9.31 Å². The topological polar surface area (TPSA) is 40.6 Å². The molecule has 22 heavy (non-hydrogen) atoms. The van der Waals surface area contributed by atoms with Crippen LogP contribution in [0.1, 0.15) is 66.0 Å². The summed E-state index contributed by atoms with van der Waals surface area (Å²) in [7, 11) is -0.440. The van der Waals surface area contributed by atoms with Gasteiger partial charge in [0.15, 0.2) is 0 Å². The normalized spacial score (nSPS) is 23.1. The fourth-order valence-corrected chi connectivity index (χ4v) is 2.37. The minimum Gasteiger partial charge on any atom is -0.490 e. The largest absolute Gasteiger partial charge is 0.514 e. The van der Waals surface area contributed by atoms with Crippen LogP contribution in [-0.4, -0.2) is 29.4 Å². The van der Waals surface area contributed by atoms with Gasteiger partial charge in [0, 0.05) is 11.8 Å². The van der Waals surface area contributed by atoms with Gasteiger partial charge in [-0.05, 0) is 52.5 Å². The predicted octanol–water partition coefficient (Wildman–Crippen LogP) is 3.05. The van der Waals surface area contributed by atoms with Gasteiger partial charge >= 0.3 is 7.12 Å². The molecule has 5 heteroatoms. The Kier molecular flexibility index (Phi) is 3.77. The second-order valence-electron chi connectivity index (χ2n) is 7.71. The van der Waals surface area contributed by atoms with E-state index in [1.807, 2.05) is 12.1 Å². The summed E-state index contributed by atoms with van der Waals surface area (Å²) in [6, 6.07) is 4.00. The van der Waals surface area contributed by atoms with Crippen molar-refractivity contribution in [1.82, 2.24) is 4.98 Å². The highest BCUT2D eigenvalue weighted by atomic mass is 16.7. The van der Waals surface area contributed by atoms with E-state index in [-0.39, 0.29) is 11.2 Å². The number of hydrogen-bond donors (Lipinski definition) is 0. The van der Waals surface area contributed by atoms with Crippen molar-refractivity contribution in [2.24, 2.45) is 0 Å². The quantitative estimate of drug-likeness (QED) is 0.802. The van der Waals surface area contributed by atoms with E-state index in [9.17, 15) is 0 Å². The summed E-state index contributed by atoms with van der Waals surface area (Å²) < 4.78 is 18.2. The molecule has 0 amide bonds. The van der Waals surface area contributed by atoms with Crippen LogP contribution in [0.25, 0.3) is 0 Å². The lowest BCUT2D eigenvalue weighted by atomic mass is 9.83. The van der Waals surface area contributed by atoms with Gasteiger partial charge in [0.1, 0.15) is 5.75 Å². The second-order valence-corrected chi connectivity index (χ2v) is 7.71. The Balaban J connectivity index is 1.90. The molecule has 0 spiro atoms. The van der Waals surface area contributed by atoms with Crippen LogP contribution < -0.4 is 10.3 Å². The maximum Gasteiger partial charge on any atom is 0.514 e. The van der Waals surface area contributed by atoms with E-state index in [1.165, 1.54) is 0 Å². The maximum absolute atomic E-state index is 6.12. The number of nitrogens with zero attached hydrogens (tertiary/aromatic N) is 1. The average Bonchev–Trinajstić information content (AvgIpc) is 3.16. The Hall–Kier alpha value is -1.07. The van der Waals surface area contributed by atoms with E-state index in [4.69, 9.17) is 19.0 Å². The van der Waals surface area contributed by atoms with Gasteiger partial charge in [-0.25, -0.2) is 0 Å². The van der Waals surface area contributed by atoms with E-state index in [1.54, 1.807) is 0 Å². The Morgan fingerprint density at radius 1 is 1.14 bits per heavy atom. The van der Waals surface area contributed by atoms with Gasteiger partial charge in [-0.3, -0.25) is 4.98 Å². The zero-order valence-electron chi connectivity index (χ0n) is 14.5. The molecule has 0 radical (unpaired) electrons. The molecule has 1 saturated carbocycles. The predicted molar refractivity (Wildman–Crippen MR) is 87.7 cm³/mol. The molecule has 0 unspecified atom stereocenters. The fourth-order valence-electron chi connectivity index (χ4n) is 2.37. The number of pyridine rings is 1. The van der Waals surface area contributed by atoms with Gasteiger partial charge < -0.3 is 14.0 Å². The van der Waals surface area contributed by atoms with Crippen molar-refractivity contribution < 1.29 is 14.0 Å². The molecule has 2 aliphatic rings. The van der Waals surface area contributed by atoms with E-state index in [0.29, 0.717) is 12.0 Å². The first kappa shape index (κ1) is 15.8. The summed E-state index contributed by atoms with van der Waals surface area (Å²) in [6.45, 7) is 12.5. The average molecular weight is 303 g/mol. The molecule has 0 aromatic carbocycles. The summed E-state index contributed by atoms with van der Waals surface area (Å²) in [4.78, 5) is 4.74. The zero-order chi connectivity index (χ0) is 16.1. The van der Waals surface area contributed by atoms with Gasteiger partial charge in [-0.15, -0.1) is 0 Å². The van der Waals surface area contributed by atoms with Crippen LogP contribution in [0.5, 0.6) is 5.75 Å². The van der Waals surface area contributed by atoms with Crippen molar-refractivity contribution in [2.45, 2.75) is 77.6 Å². The smallest absolute Gasteiger partial charge is 0.490 e. The van der Waals surface area contributed by atoms with E-state index >= 15 is 0 Å². The molecular weight excluding hydrogens is 277 g/mol. The number of aromatic nitrogens is 1. The Bertz CT molecular complexity index is 551. The Morgan fingerprint density at radius 3 is 2.23 bits per heavy atom. The summed E-state index contributed by atoms with van der Waals surface area (Å²) in [5.41, 5.74) is 1.11. The molecule has 3 rings (SSSR count). The first-order valence-corrected chi connectivity index (χ1v) is 8.22. The molecule has 1 aliphatic carbocycles. The van der Waals surface area contributed by atoms with E-state index in [2.05, 4.69) is 41.5 Å². The van der Waals surface area contributed by atoms with Crippen LogP contribution in [0, 0.1) is 0 Å². The molecule has 0 bridgehead atoms. The summed E-state index contributed by atoms with van der Waals surface area (Å²) in [6.07, 6.45) is 2.66. The third-order valence-corrected chi connectivity index (χ3v) is 4.75. The second kappa shape index (κ2) is 5.24. The molecule has 0 N–H and O–H groups in total. The first-order valence-electron chi connectivity index (χ1n) is 8.22. The van der Waals surface area contributed by atoms with Crippen molar-refractivity contribution in [1.29, 1.82) is 0 Å². The third-order valence-electron chi connectivity index (χ3n) is 4.75. The molecule has 1 aromatic heterocycles. The standard InChI is InChI=1S/C17H26BNO3/c1-11(2)14-9-13(20-12-7-8-12)10-15(19-14)18-21-16(3,4)17(5,6)22-18/h9-12H,7-8H2,1-6H3. The zero-order valence-corrected chi connectivity index (χ0v) is 14.5. The SMILES string of the molecule is CC(C)c1cc(OC2CC2)cc(B2OC(C)(C)C(C)(C)O2)n1. The van der Waals surface area contributed by atoms with Gasteiger partial charge in [0.2, 0.25) is 0 Å². The molecule has 1 saturated heterocycles. The van der Waals surface area contributed by atoms with E-state index < -0.39 is 7.12 Å². The summed E-state index contributed by atoms with van der Waals surface area (Å²) >= 11 is 0. The third kappa shape index (κ3) is 3.02. The fraction of sp³-hybridized carbons (Fsp3) is 0.706. The molecule has 1 aliphatic heterocycles. The monoisotopic (exact) mass is 303 g/mol. The van der Waals surface area contributed by atoms with Crippen molar-refractivity contribution in [3.05, 3.63) is 17.8 Å². The van der Waals surface area contributed by atoms with Crippen LogP contribution in [0.2, 0.25) is 0 Å². The van der Waals surface area contributed by atoms with Crippen molar-refractivity contribution >= 4 is 12.7 Å². The van der Waals surface area contributed by atoms with Crippen LogP contribution in [0.15, 0.2) is 12.1 Å². The minimum absolute atomic E-state index is 0.337. The van der Waals surface area contributed by atoms with Crippen molar-refractivity contribution in [2.75, 3.05) is 0 Å². The molecule has 2 fully saturated rings. The lowest BCUT2D eigenvalue weighted by Gasteiger charge is -2.32. The van der Waals surface area contributed by atoms with Gasteiger partial charge in [-0.1, -0.05) is 13.8 Å². The molecule has 0 atom stereocenters. The van der Waals surface area contributed by atoms with Gasteiger partial charge in [-0.2, -0.15) is 0 Å². The maximum atomic E-state index is 6.12. The molecule has 120 valence electrons. The number of hydrogen-bond acceptors (Lipinski definition) is 4. The number of rotatable bonds is 4. The van der Waals surface area contributed by atoms with Crippen molar-refractivity contribution in [3.63, 3.8) is 0 Å². The summed E-state index contributed by atoms with van der Waals surface area (Å²) in [5.74, 6) is 1.22. The summed E-state index contributed by atoms with van der Waals surface area (Å²) in [5, 5.41) is 0. The van der Waals surface area contributed by atoms with Gasteiger partial charge in [0.05, 0.1) is 22.9 Å².